The van der Waals surface area contributed by atoms with Crippen LogP contribution in [0.25, 0.3) is 11.5 Å². The molecule has 0 unspecified atom stereocenters. The first kappa shape index (κ1) is 29.4. The van der Waals surface area contributed by atoms with Gasteiger partial charge >= 0.3 is 0 Å². The molecule has 6 heterocycles. The molecule has 3 aromatic heterocycles. The predicted octanol–water partition coefficient (Wildman–Crippen LogP) is 3.03. The van der Waals surface area contributed by atoms with Gasteiger partial charge in [0.15, 0.2) is 0 Å². The van der Waals surface area contributed by atoms with Crippen LogP contribution in [0.15, 0.2) is 10.6 Å². The van der Waals surface area contributed by atoms with Gasteiger partial charge in [0.2, 0.25) is 17.7 Å². The van der Waals surface area contributed by atoms with E-state index in [0.29, 0.717) is 33.9 Å². The molecule has 4 aliphatic rings. The van der Waals surface area contributed by atoms with E-state index in [-0.39, 0.29) is 11.5 Å². The summed E-state index contributed by atoms with van der Waals surface area (Å²) in [7, 11) is 0. The number of nitrogens with zero attached hydrogens (tertiary/aromatic N) is 8. The van der Waals surface area contributed by atoms with Gasteiger partial charge in [-0.25, -0.2) is 4.98 Å². The van der Waals surface area contributed by atoms with Gasteiger partial charge in [-0.05, 0) is 46.1 Å². The van der Waals surface area contributed by atoms with E-state index in [0.717, 1.165) is 108 Å². The fourth-order valence-electron chi connectivity index (χ4n) is 7.35. The number of anilines is 3. The van der Waals surface area contributed by atoms with E-state index >= 15 is 0 Å². The third kappa shape index (κ3) is 5.31. The fourth-order valence-corrected chi connectivity index (χ4v) is 8.54. The lowest BCUT2D eigenvalue weighted by Gasteiger charge is -2.42. The molecule has 3 N–H and O–H groups in total. The molecule has 0 amide bonds. The molecule has 12 nitrogen and oxygen atoms in total. The van der Waals surface area contributed by atoms with Gasteiger partial charge in [0.05, 0.1) is 24.2 Å². The number of ether oxygens (including phenoxy) is 1. The SMILES string of the molecule is C[C@H]1CN(CC2(C)COC2)CCCN1c1nc(-c2noc([C@@]3(C)CCCc4sc(N)c(C#N)c43)n2)cc(N2CCNCC2)n1. The minimum atomic E-state index is -0.583. The van der Waals surface area contributed by atoms with Crippen molar-refractivity contribution in [3.05, 3.63) is 28.0 Å². The van der Waals surface area contributed by atoms with Crippen LogP contribution in [0.4, 0.5) is 16.8 Å². The number of fused-ring (bicyclic) bond motifs is 1. The van der Waals surface area contributed by atoms with Gasteiger partial charge in [-0.1, -0.05) is 12.1 Å². The van der Waals surface area contributed by atoms with Gasteiger partial charge in [0, 0.05) is 73.8 Å². The smallest absolute Gasteiger partial charge is 0.237 e. The number of hydrogen-bond donors (Lipinski definition) is 2. The number of nitrogens with two attached hydrogens (primary N) is 1. The Kier molecular flexibility index (Phi) is 7.73. The third-order valence-corrected chi connectivity index (χ3v) is 10.8. The summed E-state index contributed by atoms with van der Waals surface area (Å²) < 4.78 is 11.5. The molecule has 13 heteroatoms. The fraction of sp³-hybridized carbons (Fsp3) is 0.645. The van der Waals surface area contributed by atoms with E-state index in [9.17, 15) is 5.26 Å². The highest BCUT2D eigenvalue weighted by Crippen LogP contribution is 2.48. The Hall–Kier alpha value is -3.31. The summed E-state index contributed by atoms with van der Waals surface area (Å²) >= 11 is 1.51. The Morgan fingerprint density at radius 1 is 1.14 bits per heavy atom. The second-order valence-electron chi connectivity index (χ2n) is 13.4. The van der Waals surface area contributed by atoms with Crippen molar-refractivity contribution >= 4 is 28.1 Å². The number of hydrogen-bond acceptors (Lipinski definition) is 13. The first-order valence-corrected chi connectivity index (χ1v) is 16.7. The predicted molar refractivity (Wildman–Crippen MR) is 170 cm³/mol. The molecule has 1 aliphatic carbocycles. The third-order valence-electron chi connectivity index (χ3n) is 9.71. The van der Waals surface area contributed by atoms with Crippen molar-refractivity contribution < 1.29 is 9.26 Å². The summed E-state index contributed by atoms with van der Waals surface area (Å²) in [5, 5.41) is 18.4. The Balaban J connectivity index is 1.22. The Morgan fingerprint density at radius 3 is 2.70 bits per heavy atom. The van der Waals surface area contributed by atoms with Crippen LogP contribution in [0.1, 0.15) is 61.9 Å². The van der Waals surface area contributed by atoms with Crippen LogP contribution < -0.4 is 20.9 Å². The second-order valence-corrected chi connectivity index (χ2v) is 14.6. The molecule has 0 radical (unpaired) electrons. The number of nitriles is 1. The van der Waals surface area contributed by atoms with E-state index in [1.54, 1.807) is 0 Å². The van der Waals surface area contributed by atoms with Crippen LogP contribution in [-0.2, 0) is 16.6 Å². The van der Waals surface area contributed by atoms with Crippen molar-refractivity contribution in [3.63, 3.8) is 0 Å². The topological polar surface area (TPSA) is 145 Å². The summed E-state index contributed by atoms with van der Waals surface area (Å²) in [6.07, 6.45) is 3.72. The van der Waals surface area contributed by atoms with Crippen molar-refractivity contribution in [1.82, 2.24) is 30.3 Å². The highest BCUT2D eigenvalue weighted by molar-refractivity contribution is 7.16. The lowest BCUT2D eigenvalue weighted by atomic mass is 9.72. The molecule has 3 aliphatic heterocycles. The van der Waals surface area contributed by atoms with E-state index in [1.807, 2.05) is 6.07 Å². The number of thiophene rings is 1. The Morgan fingerprint density at radius 2 is 1.95 bits per heavy atom. The number of nitrogen functional groups attached to an aromatic ring is 1. The summed E-state index contributed by atoms with van der Waals surface area (Å²) in [6.45, 7) is 15.8. The van der Waals surface area contributed by atoms with Crippen LogP contribution in [-0.4, -0.2) is 96.6 Å². The molecule has 3 fully saturated rings. The molecule has 3 aromatic rings. The van der Waals surface area contributed by atoms with E-state index < -0.39 is 5.41 Å². The van der Waals surface area contributed by atoms with E-state index in [2.05, 4.69) is 52.0 Å². The first-order chi connectivity index (χ1) is 21.3. The number of nitrogens with one attached hydrogen (secondary N) is 1. The van der Waals surface area contributed by atoms with Gasteiger partial charge in [0.25, 0.3) is 0 Å². The van der Waals surface area contributed by atoms with Gasteiger partial charge in [-0.3, -0.25) is 0 Å². The number of aryl methyl sites for hydroxylation is 1. The van der Waals surface area contributed by atoms with Crippen LogP contribution in [0.5, 0.6) is 0 Å². The average Bonchev–Trinajstić information content (AvgIpc) is 3.59. The quantitative estimate of drug-likeness (QED) is 0.419. The van der Waals surface area contributed by atoms with Crippen molar-refractivity contribution in [1.29, 1.82) is 5.26 Å². The standard InChI is InChI=1S/C31H42N10O2S/c1-20-16-39(17-30(2)18-42-19-30)10-5-11-41(20)29-35-22(14-24(36-29)40-12-8-34-9-13-40)27-37-28(43-38-27)31(3)7-4-6-23-25(31)21(15-32)26(33)44-23/h14,20,34H,4-13,16-19,33H2,1-3H3/t20-,31-/m0/s1. The summed E-state index contributed by atoms with van der Waals surface area (Å²) in [4.78, 5) is 23.5. The van der Waals surface area contributed by atoms with E-state index in [1.165, 1.54) is 11.3 Å². The maximum atomic E-state index is 9.93. The zero-order chi connectivity index (χ0) is 30.5. The molecular formula is C31H42N10O2S. The van der Waals surface area contributed by atoms with E-state index in [4.69, 9.17) is 29.9 Å². The van der Waals surface area contributed by atoms with Crippen molar-refractivity contribution in [2.75, 3.05) is 81.1 Å². The molecule has 0 aromatic carbocycles. The maximum Gasteiger partial charge on any atom is 0.237 e. The lowest BCUT2D eigenvalue weighted by molar-refractivity contribution is -0.114. The summed E-state index contributed by atoms with van der Waals surface area (Å²) in [6, 6.07) is 4.57. The highest BCUT2D eigenvalue weighted by atomic mass is 32.1. The highest BCUT2D eigenvalue weighted by Gasteiger charge is 2.43. The van der Waals surface area contributed by atoms with Crippen LogP contribution in [0, 0.1) is 16.7 Å². The summed E-state index contributed by atoms with van der Waals surface area (Å²) in [5.74, 6) is 2.53. The number of piperazine rings is 1. The Labute approximate surface area is 262 Å². The minimum Gasteiger partial charge on any atom is -0.389 e. The van der Waals surface area contributed by atoms with Crippen molar-refractivity contribution in [3.8, 4) is 17.6 Å². The van der Waals surface area contributed by atoms with Crippen molar-refractivity contribution in [2.24, 2.45) is 5.41 Å². The molecule has 3 saturated heterocycles. The molecule has 0 saturated carbocycles. The van der Waals surface area contributed by atoms with Gasteiger partial charge in [-0.15, -0.1) is 11.3 Å². The maximum absolute atomic E-state index is 9.93. The van der Waals surface area contributed by atoms with Crippen LogP contribution >= 0.6 is 11.3 Å². The first-order valence-electron chi connectivity index (χ1n) is 15.8. The molecule has 0 bridgehead atoms. The monoisotopic (exact) mass is 618 g/mol. The Bertz CT molecular complexity index is 1550. The summed E-state index contributed by atoms with van der Waals surface area (Å²) in [5.41, 5.74) is 8.06. The molecule has 2 atom stereocenters. The van der Waals surface area contributed by atoms with Gasteiger partial charge in [-0.2, -0.15) is 15.2 Å². The largest absolute Gasteiger partial charge is 0.389 e. The average molecular weight is 619 g/mol. The number of aromatic nitrogens is 4. The number of rotatable bonds is 6. The second kappa shape index (κ2) is 11.6. The zero-order valence-corrected chi connectivity index (χ0v) is 26.8. The van der Waals surface area contributed by atoms with Crippen LogP contribution in [0.3, 0.4) is 0 Å². The van der Waals surface area contributed by atoms with Gasteiger partial charge < -0.3 is 35.0 Å². The van der Waals surface area contributed by atoms with Gasteiger partial charge in [0.1, 0.15) is 22.6 Å². The van der Waals surface area contributed by atoms with Crippen molar-refractivity contribution in [2.45, 2.75) is 57.9 Å². The molecule has 234 valence electrons. The molecule has 44 heavy (non-hydrogen) atoms. The molecule has 7 rings (SSSR count). The molecular weight excluding hydrogens is 576 g/mol. The molecule has 0 spiro atoms. The van der Waals surface area contributed by atoms with Crippen LogP contribution in [0.2, 0.25) is 0 Å². The zero-order valence-electron chi connectivity index (χ0n) is 25.9. The minimum absolute atomic E-state index is 0.238. The normalized spacial score (nSPS) is 25.6. The lowest BCUT2D eigenvalue weighted by Crippen LogP contribution is -2.50.